The number of carboxylic acid groups (broad SMARTS) is 1. The Bertz CT molecular complexity index is 719. The van der Waals surface area contributed by atoms with Crippen LogP contribution in [-0.2, 0) is 9.59 Å². The smallest absolute Gasteiger partial charge is 0.317 e. The quantitative estimate of drug-likeness (QED) is 0.697. The van der Waals surface area contributed by atoms with Crippen LogP contribution in [0.2, 0.25) is 0 Å². The van der Waals surface area contributed by atoms with Crippen molar-refractivity contribution in [1.29, 1.82) is 0 Å². The molecule has 146 valence electrons. The summed E-state index contributed by atoms with van der Waals surface area (Å²) in [6.45, 7) is 1.83. The van der Waals surface area contributed by atoms with Crippen molar-refractivity contribution < 1.29 is 19.5 Å². The van der Waals surface area contributed by atoms with E-state index >= 15 is 0 Å². The van der Waals surface area contributed by atoms with Gasteiger partial charge in [0.1, 0.15) is 5.69 Å². The molecule has 3 saturated heterocycles. The van der Waals surface area contributed by atoms with E-state index in [9.17, 15) is 19.5 Å². The number of aromatic amines is 1. The number of fused-ring (bicyclic) bond motifs is 4. The third-order valence-electron chi connectivity index (χ3n) is 6.25. The first-order valence-electron chi connectivity index (χ1n) is 9.70. The molecule has 3 aliphatic heterocycles. The monoisotopic (exact) mass is 374 g/mol. The number of likely N-dealkylation sites (tertiary alicyclic amines) is 1. The molecule has 3 aliphatic rings. The van der Waals surface area contributed by atoms with Gasteiger partial charge in [-0.3, -0.25) is 19.3 Å². The zero-order valence-corrected chi connectivity index (χ0v) is 15.3. The highest BCUT2D eigenvalue weighted by Gasteiger charge is 2.49. The maximum Gasteiger partial charge on any atom is 0.317 e. The molecule has 4 heterocycles. The predicted octanol–water partition coefficient (Wildman–Crippen LogP) is 0.531. The summed E-state index contributed by atoms with van der Waals surface area (Å²) in [7, 11) is 0. The van der Waals surface area contributed by atoms with E-state index in [1.54, 1.807) is 18.3 Å². The number of nitrogens with zero attached hydrogens (tertiary/aromatic N) is 2. The van der Waals surface area contributed by atoms with Crippen molar-refractivity contribution in [2.45, 2.75) is 37.8 Å². The lowest BCUT2D eigenvalue weighted by molar-refractivity contribution is -0.154. The number of hydrogen-bond acceptors (Lipinski definition) is 4. The number of carbonyl (C=O) groups excluding carboxylic acids is 2. The zero-order valence-electron chi connectivity index (χ0n) is 15.3. The standard InChI is InChI=1S/C19H26N4O4/c24-17-5-1-4-15-12-7-13(10-22(9-12)11-18(25)26)16(23(15)17)8-21-19(27)14-3-2-6-20-14/h2-3,6,12-13,15-16,20H,1,4-5,7-11H2,(H,21,27)(H,25,26)/t12-,13+,15+,16+/m1/s1. The predicted molar refractivity (Wildman–Crippen MR) is 97.1 cm³/mol. The van der Waals surface area contributed by atoms with Crippen molar-refractivity contribution in [1.82, 2.24) is 20.1 Å². The van der Waals surface area contributed by atoms with Gasteiger partial charge in [0.15, 0.2) is 0 Å². The maximum atomic E-state index is 12.7. The van der Waals surface area contributed by atoms with Crippen molar-refractivity contribution in [3.8, 4) is 0 Å². The molecule has 0 aliphatic carbocycles. The van der Waals surface area contributed by atoms with Crippen LogP contribution in [0.25, 0.3) is 0 Å². The number of nitrogens with one attached hydrogen (secondary N) is 2. The van der Waals surface area contributed by atoms with Crippen LogP contribution in [0.1, 0.15) is 36.2 Å². The zero-order chi connectivity index (χ0) is 19.0. The molecule has 3 fully saturated rings. The highest BCUT2D eigenvalue weighted by molar-refractivity contribution is 5.92. The Hall–Kier alpha value is -2.35. The van der Waals surface area contributed by atoms with Gasteiger partial charge in [0.05, 0.1) is 12.6 Å². The summed E-state index contributed by atoms with van der Waals surface area (Å²) < 4.78 is 0. The second-order valence-electron chi connectivity index (χ2n) is 7.97. The first-order valence-corrected chi connectivity index (χ1v) is 9.70. The molecular formula is C19H26N4O4. The fourth-order valence-corrected chi connectivity index (χ4v) is 5.22. The van der Waals surface area contributed by atoms with E-state index in [1.807, 2.05) is 9.80 Å². The summed E-state index contributed by atoms with van der Waals surface area (Å²) in [6, 6.07) is 3.58. The normalized spacial score (nSPS) is 30.7. The van der Waals surface area contributed by atoms with E-state index in [1.165, 1.54) is 0 Å². The number of hydrogen-bond donors (Lipinski definition) is 3. The van der Waals surface area contributed by atoms with Gasteiger partial charge in [0, 0.05) is 38.3 Å². The minimum absolute atomic E-state index is 0.0369. The van der Waals surface area contributed by atoms with Crippen molar-refractivity contribution in [2.75, 3.05) is 26.2 Å². The highest BCUT2D eigenvalue weighted by atomic mass is 16.4. The summed E-state index contributed by atoms with van der Waals surface area (Å²) >= 11 is 0. The Morgan fingerprint density at radius 1 is 1.30 bits per heavy atom. The third-order valence-corrected chi connectivity index (χ3v) is 6.25. The molecule has 0 unspecified atom stereocenters. The van der Waals surface area contributed by atoms with Gasteiger partial charge in [-0.05, 0) is 43.2 Å². The average molecular weight is 374 g/mol. The molecule has 1 aromatic rings. The summed E-state index contributed by atoms with van der Waals surface area (Å²) in [5.41, 5.74) is 0.501. The third kappa shape index (κ3) is 3.58. The SMILES string of the molecule is O=C(O)CN1C[C@H]2C[C@@H](C1)[C@H](CNC(=O)c1ccc[nH]1)N1C(=O)CCC[C@@H]21. The molecule has 8 nitrogen and oxygen atoms in total. The number of aliphatic carboxylic acids is 1. The molecule has 1 aromatic heterocycles. The lowest BCUT2D eigenvalue weighted by Gasteiger charge is -2.56. The van der Waals surface area contributed by atoms with Gasteiger partial charge in [-0.25, -0.2) is 0 Å². The van der Waals surface area contributed by atoms with E-state index < -0.39 is 5.97 Å². The molecular weight excluding hydrogens is 348 g/mol. The number of carbonyl (C=O) groups is 3. The Morgan fingerprint density at radius 3 is 2.85 bits per heavy atom. The number of piperidine rings is 3. The van der Waals surface area contributed by atoms with E-state index in [-0.39, 0.29) is 36.4 Å². The lowest BCUT2D eigenvalue weighted by Crippen LogP contribution is -2.67. The van der Waals surface area contributed by atoms with Crippen LogP contribution >= 0.6 is 0 Å². The van der Waals surface area contributed by atoms with E-state index in [0.29, 0.717) is 31.1 Å². The molecule has 27 heavy (non-hydrogen) atoms. The molecule has 0 saturated carbocycles. The Morgan fingerprint density at radius 2 is 2.11 bits per heavy atom. The minimum atomic E-state index is -0.817. The molecule has 4 rings (SSSR count). The van der Waals surface area contributed by atoms with E-state index in [4.69, 9.17) is 0 Å². The van der Waals surface area contributed by atoms with Crippen molar-refractivity contribution >= 4 is 17.8 Å². The summed E-state index contributed by atoms with van der Waals surface area (Å²) in [4.78, 5) is 43.1. The van der Waals surface area contributed by atoms with E-state index in [2.05, 4.69) is 10.3 Å². The molecule has 2 bridgehead atoms. The first-order chi connectivity index (χ1) is 13.0. The van der Waals surface area contributed by atoms with Crippen LogP contribution in [0.5, 0.6) is 0 Å². The van der Waals surface area contributed by atoms with Gasteiger partial charge in [-0.2, -0.15) is 0 Å². The summed E-state index contributed by atoms with van der Waals surface area (Å²) in [6.07, 6.45) is 5.12. The first kappa shape index (κ1) is 18.0. The van der Waals surface area contributed by atoms with Crippen molar-refractivity contribution in [3.63, 3.8) is 0 Å². The molecule has 3 N–H and O–H groups in total. The van der Waals surface area contributed by atoms with Crippen LogP contribution in [0.4, 0.5) is 0 Å². The van der Waals surface area contributed by atoms with Gasteiger partial charge < -0.3 is 20.3 Å². The number of H-pyrrole nitrogens is 1. The lowest BCUT2D eigenvalue weighted by atomic mass is 9.72. The second-order valence-corrected chi connectivity index (χ2v) is 7.97. The molecule has 0 aromatic carbocycles. The van der Waals surface area contributed by atoms with Gasteiger partial charge in [-0.15, -0.1) is 0 Å². The fourth-order valence-electron chi connectivity index (χ4n) is 5.22. The minimum Gasteiger partial charge on any atom is -0.480 e. The van der Waals surface area contributed by atoms with Crippen LogP contribution in [0, 0.1) is 11.8 Å². The van der Waals surface area contributed by atoms with Gasteiger partial charge >= 0.3 is 5.97 Å². The Balaban J connectivity index is 1.52. The summed E-state index contributed by atoms with van der Waals surface area (Å²) in [5.74, 6) is -0.315. The fraction of sp³-hybridized carbons (Fsp3) is 0.632. The molecule has 4 atom stereocenters. The topological polar surface area (TPSA) is 106 Å². The average Bonchev–Trinajstić information content (AvgIpc) is 3.16. The van der Waals surface area contributed by atoms with Crippen LogP contribution in [0.15, 0.2) is 18.3 Å². The van der Waals surface area contributed by atoms with Crippen LogP contribution in [-0.4, -0.2) is 75.9 Å². The molecule has 0 spiro atoms. The Kier molecular flexibility index (Phi) is 4.90. The maximum absolute atomic E-state index is 12.7. The molecule has 8 heteroatoms. The van der Waals surface area contributed by atoms with Crippen LogP contribution < -0.4 is 5.32 Å². The molecule has 0 radical (unpaired) electrons. The van der Waals surface area contributed by atoms with E-state index in [0.717, 1.165) is 25.8 Å². The number of carboxylic acids is 1. The van der Waals surface area contributed by atoms with Gasteiger partial charge in [0.25, 0.3) is 5.91 Å². The summed E-state index contributed by atoms with van der Waals surface area (Å²) in [5, 5.41) is 12.2. The van der Waals surface area contributed by atoms with Gasteiger partial charge in [0.2, 0.25) is 5.91 Å². The van der Waals surface area contributed by atoms with Crippen molar-refractivity contribution in [3.05, 3.63) is 24.0 Å². The number of rotatable bonds is 5. The van der Waals surface area contributed by atoms with Gasteiger partial charge in [-0.1, -0.05) is 0 Å². The van der Waals surface area contributed by atoms with Crippen molar-refractivity contribution in [2.24, 2.45) is 11.8 Å². The van der Waals surface area contributed by atoms with Crippen LogP contribution in [0.3, 0.4) is 0 Å². The number of aromatic nitrogens is 1. The second kappa shape index (κ2) is 7.34. The molecule has 2 amide bonds. The highest BCUT2D eigenvalue weighted by Crippen LogP contribution is 2.41. The largest absolute Gasteiger partial charge is 0.480 e. The Labute approximate surface area is 157 Å². The number of amides is 2.